The summed E-state index contributed by atoms with van der Waals surface area (Å²) in [6, 6.07) is 5.30. The van der Waals surface area contributed by atoms with Gasteiger partial charge < -0.3 is 14.6 Å². The fourth-order valence-corrected chi connectivity index (χ4v) is 1.53. The lowest BCUT2D eigenvalue weighted by atomic mass is 10.3. The van der Waals surface area contributed by atoms with E-state index in [2.05, 4.69) is 15.9 Å². The molecule has 0 fully saturated rings. The minimum atomic E-state index is -0.648. The molecule has 0 aromatic heterocycles. The highest BCUT2D eigenvalue weighted by atomic mass is 79.9. The summed E-state index contributed by atoms with van der Waals surface area (Å²) in [5, 5.41) is 9.88. The number of ether oxygens (including phenoxy) is 2. The number of hydrogen-bond acceptors (Lipinski definition) is 3. The molecule has 1 rings (SSSR count). The first kappa shape index (κ1) is 12.8. The monoisotopic (exact) mass is 294 g/mol. The van der Waals surface area contributed by atoms with Gasteiger partial charge in [0.15, 0.2) is 0 Å². The molecule has 0 aliphatic carbocycles. The topological polar surface area (TPSA) is 38.7 Å². The van der Waals surface area contributed by atoms with Gasteiger partial charge in [-0.15, -0.1) is 0 Å². The lowest BCUT2D eigenvalue weighted by Gasteiger charge is -2.12. The zero-order valence-corrected chi connectivity index (χ0v) is 10.6. The highest BCUT2D eigenvalue weighted by molar-refractivity contribution is 9.10. The number of rotatable bonds is 5. The zero-order valence-electron chi connectivity index (χ0n) is 8.24. The molecule has 1 N–H and O–H groups in total. The van der Waals surface area contributed by atoms with Gasteiger partial charge in [0.1, 0.15) is 18.5 Å². The van der Waals surface area contributed by atoms with Crippen molar-refractivity contribution >= 4 is 27.5 Å². The molecule has 15 heavy (non-hydrogen) atoms. The van der Waals surface area contributed by atoms with Crippen LogP contribution in [0.4, 0.5) is 0 Å². The van der Waals surface area contributed by atoms with E-state index in [9.17, 15) is 5.11 Å². The van der Waals surface area contributed by atoms with Crippen LogP contribution in [0, 0.1) is 0 Å². The summed E-state index contributed by atoms with van der Waals surface area (Å²) in [5.74, 6) is 0.543. The molecule has 0 aliphatic rings. The largest absolute Gasteiger partial charge is 0.489 e. The van der Waals surface area contributed by atoms with E-state index in [1.165, 1.54) is 7.11 Å². The highest BCUT2D eigenvalue weighted by Crippen LogP contribution is 2.27. The van der Waals surface area contributed by atoms with Crippen LogP contribution >= 0.6 is 27.5 Å². The molecule has 0 aliphatic heterocycles. The van der Waals surface area contributed by atoms with Gasteiger partial charge in [-0.1, -0.05) is 27.5 Å². The van der Waals surface area contributed by atoms with E-state index in [1.54, 1.807) is 12.1 Å². The van der Waals surface area contributed by atoms with Gasteiger partial charge >= 0.3 is 0 Å². The molecule has 1 aromatic carbocycles. The molecule has 0 spiro atoms. The molecule has 0 amide bonds. The van der Waals surface area contributed by atoms with E-state index < -0.39 is 6.10 Å². The summed E-state index contributed by atoms with van der Waals surface area (Å²) >= 11 is 9.21. The molecule has 0 saturated carbocycles. The number of aliphatic hydroxyl groups is 1. The van der Waals surface area contributed by atoms with Gasteiger partial charge in [0.2, 0.25) is 0 Å². The van der Waals surface area contributed by atoms with Gasteiger partial charge in [-0.05, 0) is 18.2 Å². The van der Waals surface area contributed by atoms with Crippen LogP contribution in [0.2, 0.25) is 5.02 Å². The van der Waals surface area contributed by atoms with E-state index in [0.717, 1.165) is 4.47 Å². The lowest BCUT2D eigenvalue weighted by molar-refractivity contribution is 0.0325. The quantitative estimate of drug-likeness (QED) is 0.907. The third-order valence-corrected chi connectivity index (χ3v) is 2.49. The van der Waals surface area contributed by atoms with Crippen LogP contribution in [-0.2, 0) is 4.74 Å². The van der Waals surface area contributed by atoms with Crippen LogP contribution in [-0.4, -0.2) is 31.5 Å². The molecule has 0 radical (unpaired) electrons. The van der Waals surface area contributed by atoms with Crippen molar-refractivity contribution in [3.8, 4) is 5.75 Å². The summed E-state index contributed by atoms with van der Waals surface area (Å²) in [4.78, 5) is 0. The zero-order chi connectivity index (χ0) is 11.3. The predicted octanol–water partition coefficient (Wildman–Crippen LogP) is 2.49. The minimum Gasteiger partial charge on any atom is -0.489 e. The average Bonchev–Trinajstić information content (AvgIpc) is 2.20. The van der Waals surface area contributed by atoms with E-state index >= 15 is 0 Å². The normalized spacial score (nSPS) is 12.5. The Morgan fingerprint density at radius 3 is 2.87 bits per heavy atom. The molecule has 1 aromatic rings. The first-order valence-electron chi connectivity index (χ1n) is 4.38. The first-order valence-corrected chi connectivity index (χ1v) is 5.55. The van der Waals surface area contributed by atoms with Crippen LogP contribution in [0.15, 0.2) is 22.7 Å². The minimum absolute atomic E-state index is 0.157. The van der Waals surface area contributed by atoms with Gasteiger partial charge in [0, 0.05) is 11.6 Å². The smallest absolute Gasteiger partial charge is 0.139 e. The molecule has 0 unspecified atom stereocenters. The number of hydrogen-bond donors (Lipinski definition) is 1. The standard InChI is InChI=1S/C10H12BrClO3/c1-14-5-8(13)6-15-10-4-7(11)2-3-9(10)12/h2-4,8,13H,5-6H2,1H3/t8-/m1/s1. The average molecular weight is 296 g/mol. The van der Waals surface area contributed by atoms with Crippen LogP contribution < -0.4 is 4.74 Å². The fraction of sp³-hybridized carbons (Fsp3) is 0.400. The van der Waals surface area contributed by atoms with Crippen molar-refractivity contribution in [2.24, 2.45) is 0 Å². The Labute approximate surface area is 102 Å². The SMILES string of the molecule is COC[C@@H](O)COc1cc(Br)ccc1Cl. The van der Waals surface area contributed by atoms with Crippen molar-refractivity contribution in [2.45, 2.75) is 6.10 Å². The summed E-state index contributed by atoms with van der Waals surface area (Å²) in [6.45, 7) is 0.398. The van der Waals surface area contributed by atoms with Crippen LogP contribution in [0.25, 0.3) is 0 Å². The second-order valence-corrected chi connectivity index (χ2v) is 4.32. The molecule has 0 bridgehead atoms. The number of aliphatic hydroxyl groups excluding tert-OH is 1. The van der Waals surface area contributed by atoms with Gasteiger partial charge in [-0.25, -0.2) is 0 Å². The molecular weight excluding hydrogens is 283 g/mol. The number of benzene rings is 1. The summed E-state index contributed by atoms with van der Waals surface area (Å²) < 4.78 is 11.0. The van der Waals surface area contributed by atoms with Crippen LogP contribution in [0.5, 0.6) is 5.75 Å². The van der Waals surface area contributed by atoms with Gasteiger partial charge in [0.25, 0.3) is 0 Å². The summed E-state index contributed by atoms with van der Waals surface area (Å²) in [5.41, 5.74) is 0. The van der Waals surface area contributed by atoms with Crippen molar-refractivity contribution in [1.82, 2.24) is 0 Å². The van der Waals surface area contributed by atoms with E-state index in [0.29, 0.717) is 10.8 Å². The first-order chi connectivity index (χ1) is 7.13. The van der Waals surface area contributed by atoms with Crippen LogP contribution in [0.1, 0.15) is 0 Å². The van der Waals surface area contributed by atoms with Gasteiger partial charge in [0.05, 0.1) is 11.6 Å². The third-order valence-electron chi connectivity index (χ3n) is 1.68. The Hall–Kier alpha value is -0.290. The molecule has 0 heterocycles. The molecule has 5 heteroatoms. The van der Waals surface area contributed by atoms with Crippen molar-refractivity contribution in [3.05, 3.63) is 27.7 Å². The second kappa shape index (κ2) is 6.33. The Bertz CT molecular complexity index is 320. The number of halogens is 2. The van der Waals surface area contributed by atoms with Crippen molar-refractivity contribution in [3.63, 3.8) is 0 Å². The Morgan fingerprint density at radius 1 is 1.47 bits per heavy atom. The molecule has 84 valence electrons. The maximum atomic E-state index is 9.37. The maximum absolute atomic E-state index is 9.37. The number of methoxy groups -OCH3 is 1. The molecular formula is C10H12BrClO3. The van der Waals surface area contributed by atoms with Crippen molar-refractivity contribution < 1.29 is 14.6 Å². The van der Waals surface area contributed by atoms with E-state index in [4.69, 9.17) is 21.1 Å². The van der Waals surface area contributed by atoms with E-state index in [1.807, 2.05) is 6.07 Å². The molecule has 0 saturated heterocycles. The molecule has 1 atom stereocenters. The van der Waals surface area contributed by atoms with Gasteiger partial charge in [-0.3, -0.25) is 0 Å². The fourth-order valence-electron chi connectivity index (χ4n) is 1.01. The van der Waals surface area contributed by atoms with Crippen LogP contribution in [0.3, 0.4) is 0 Å². The van der Waals surface area contributed by atoms with Crippen molar-refractivity contribution in [2.75, 3.05) is 20.3 Å². The maximum Gasteiger partial charge on any atom is 0.139 e. The van der Waals surface area contributed by atoms with Gasteiger partial charge in [-0.2, -0.15) is 0 Å². The molecule has 3 nitrogen and oxygen atoms in total. The van der Waals surface area contributed by atoms with Crippen molar-refractivity contribution in [1.29, 1.82) is 0 Å². The highest BCUT2D eigenvalue weighted by Gasteiger charge is 2.07. The second-order valence-electron chi connectivity index (χ2n) is 2.99. The van der Waals surface area contributed by atoms with E-state index in [-0.39, 0.29) is 13.2 Å². The summed E-state index contributed by atoms with van der Waals surface area (Å²) in [6.07, 6.45) is -0.648. The predicted molar refractivity (Wildman–Crippen MR) is 62.5 cm³/mol. The summed E-state index contributed by atoms with van der Waals surface area (Å²) in [7, 11) is 1.52. The Morgan fingerprint density at radius 2 is 2.20 bits per heavy atom. The Kier molecular flexibility index (Phi) is 5.39. The Balaban J connectivity index is 2.53. The lowest BCUT2D eigenvalue weighted by Crippen LogP contribution is -2.22. The third kappa shape index (κ3) is 4.38.